The van der Waals surface area contributed by atoms with Gasteiger partial charge in [-0.2, -0.15) is 0 Å². The number of hydrogen-bond acceptors (Lipinski definition) is 4. The lowest BCUT2D eigenvalue weighted by Gasteiger charge is -2.26. The van der Waals surface area contributed by atoms with E-state index in [9.17, 15) is 4.79 Å². The molecule has 0 aliphatic carbocycles. The Labute approximate surface area is 133 Å². The number of morpholine rings is 1. The smallest absolute Gasteiger partial charge is 0.223 e. The fourth-order valence-electron chi connectivity index (χ4n) is 2.08. The zero-order valence-corrected chi connectivity index (χ0v) is 13.6. The first-order valence-corrected chi connectivity index (χ1v) is 7.98. The number of ether oxygens (including phenoxy) is 2. The van der Waals surface area contributed by atoms with Crippen LogP contribution in [-0.2, 0) is 9.53 Å². The van der Waals surface area contributed by atoms with E-state index in [2.05, 4.69) is 26.1 Å². The van der Waals surface area contributed by atoms with Gasteiger partial charge in [-0.3, -0.25) is 9.69 Å². The molecular weight excluding hydrogens is 336 g/mol. The van der Waals surface area contributed by atoms with Gasteiger partial charge in [-0.1, -0.05) is 22.0 Å². The number of carbonyl (C=O) groups is 1. The molecule has 1 N–H and O–H groups in total. The highest BCUT2D eigenvalue weighted by molar-refractivity contribution is 9.10. The van der Waals surface area contributed by atoms with Gasteiger partial charge in [0.25, 0.3) is 0 Å². The molecule has 0 atom stereocenters. The normalized spacial score (nSPS) is 15.7. The molecule has 0 radical (unpaired) electrons. The first-order chi connectivity index (χ1) is 10.2. The summed E-state index contributed by atoms with van der Waals surface area (Å²) in [5.41, 5.74) is 0. The van der Waals surface area contributed by atoms with Crippen molar-refractivity contribution in [1.82, 2.24) is 10.2 Å². The van der Waals surface area contributed by atoms with Crippen molar-refractivity contribution in [2.45, 2.75) is 6.42 Å². The van der Waals surface area contributed by atoms with Gasteiger partial charge in [-0.15, -0.1) is 0 Å². The van der Waals surface area contributed by atoms with Crippen molar-refractivity contribution in [3.05, 3.63) is 28.7 Å². The van der Waals surface area contributed by atoms with Gasteiger partial charge in [0.15, 0.2) is 0 Å². The molecule has 0 unspecified atom stereocenters. The molecule has 5 nitrogen and oxygen atoms in total. The van der Waals surface area contributed by atoms with Gasteiger partial charge in [0.05, 0.1) is 26.2 Å². The second-order valence-electron chi connectivity index (χ2n) is 4.86. The summed E-state index contributed by atoms with van der Waals surface area (Å²) in [6.07, 6.45) is 0.371. The molecule has 6 heteroatoms. The first kappa shape index (κ1) is 16.3. The molecule has 2 rings (SSSR count). The zero-order valence-electron chi connectivity index (χ0n) is 12.0. The van der Waals surface area contributed by atoms with Crippen LogP contribution in [0.15, 0.2) is 28.7 Å². The molecule has 1 aromatic rings. The van der Waals surface area contributed by atoms with Gasteiger partial charge in [-0.05, 0) is 18.2 Å². The monoisotopic (exact) mass is 356 g/mol. The standard InChI is InChI=1S/C15H21BrN2O3/c16-13-2-1-3-14(12-13)21-9-4-15(19)17-5-6-18-7-10-20-11-8-18/h1-3,12H,4-11H2,(H,17,19). The zero-order chi connectivity index (χ0) is 14.9. The lowest BCUT2D eigenvalue weighted by atomic mass is 10.3. The van der Waals surface area contributed by atoms with E-state index >= 15 is 0 Å². The van der Waals surface area contributed by atoms with Crippen molar-refractivity contribution >= 4 is 21.8 Å². The molecule has 0 aromatic heterocycles. The van der Waals surface area contributed by atoms with Gasteiger partial charge in [0.2, 0.25) is 5.91 Å². The minimum atomic E-state index is 0.0262. The Kier molecular flexibility index (Phi) is 6.99. The van der Waals surface area contributed by atoms with Gasteiger partial charge in [-0.25, -0.2) is 0 Å². The average Bonchev–Trinajstić information content (AvgIpc) is 2.48. The Balaban J connectivity index is 1.55. The van der Waals surface area contributed by atoms with Crippen molar-refractivity contribution in [3.63, 3.8) is 0 Å². The van der Waals surface area contributed by atoms with E-state index < -0.39 is 0 Å². The lowest BCUT2D eigenvalue weighted by Crippen LogP contribution is -2.41. The number of nitrogens with zero attached hydrogens (tertiary/aromatic N) is 1. The van der Waals surface area contributed by atoms with Crippen molar-refractivity contribution in [3.8, 4) is 5.75 Å². The highest BCUT2D eigenvalue weighted by Gasteiger charge is 2.10. The Hall–Kier alpha value is -1.11. The molecule has 116 valence electrons. The summed E-state index contributed by atoms with van der Waals surface area (Å²) >= 11 is 3.38. The van der Waals surface area contributed by atoms with Crippen molar-refractivity contribution < 1.29 is 14.3 Å². The van der Waals surface area contributed by atoms with Crippen molar-refractivity contribution in [1.29, 1.82) is 0 Å². The predicted octanol–water partition coefficient (Wildman–Crippen LogP) is 1.67. The number of amides is 1. The van der Waals surface area contributed by atoms with Crippen molar-refractivity contribution in [2.24, 2.45) is 0 Å². The van der Waals surface area contributed by atoms with Gasteiger partial charge in [0.1, 0.15) is 5.75 Å². The quantitative estimate of drug-likeness (QED) is 0.807. The molecule has 0 spiro atoms. The summed E-state index contributed by atoms with van der Waals surface area (Å²) in [6, 6.07) is 7.60. The highest BCUT2D eigenvalue weighted by Crippen LogP contribution is 2.17. The average molecular weight is 357 g/mol. The molecule has 1 aliphatic heterocycles. The van der Waals surface area contributed by atoms with Crippen LogP contribution in [0.25, 0.3) is 0 Å². The van der Waals surface area contributed by atoms with E-state index in [1.807, 2.05) is 24.3 Å². The maximum absolute atomic E-state index is 11.7. The Morgan fingerprint density at radius 1 is 1.38 bits per heavy atom. The predicted molar refractivity (Wildman–Crippen MR) is 84.5 cm³/mol. The van der Waals surface area contributed by atoms with E-state index in [-0.39, 0.29) is 5.91 Å². The molecule has 1 aliphatic rings. The molecule has 21 heavy (non-hydrogen) atoms. The molecule has 1 heterocycles. The third kappa shape index (κ3) is 6.46. The van der Waals surface area contributed by atoms with E-state index in [0.717, 1.165) is 43.1 Å². The minimum Gasteiger partial charge on any atom is -0.493 e. The minimum absolute atomic E-state index is 0.0262. The summed E-state index contributed by atoms with van der Waals surface area (Å²) in [7, 11) is 0. The third-order valence-corrected chi connectivity index (χ3v) is 3.74. The highest BCUT2D eigenvalue weighted by atomic mass is 79.9. The number of carbonyl (C=O) groups excluding carboxylic acids is 1. The number of hydrogen-bond donors (Lipinski definition) is 1. The van der Waals surface area contributed by atoms with Crippen LogP contribution in [-0.4, -0.2) is 56.8 Å². The maximum Gasteiger partial charge on any atom is 0.223 e. The molecule has 1 amide bonds. The summed E-state index contributed by atoms with van der Waals surface area (Å²) in [5.74, 6) is 0.795. The van der Waals surface area contributed by atoms with E-state index in [0.29, 0.717) is 19.6 Å². The number of nitrogens with one attached hydrogen (secondary N) is 1. The summed E-state index contributed by atoms with van der Waals surface area (Å²) in [4.78, 5) is 14.0. The van der Waals surface area contributed by atoms with Crippen LogP contribution >= 0.6 is 15.9 Å². The molecule has 1 fully saturated rings. The molecular formula is C15H21BrN2O3. The van der Waals surface area contributed by atoms with Crippen LogP contribution in [0.5, 0.6) is 5.75 Å². The third-order valence-electron chi connectivity index (χ3n) is 3.25. The fraction of sp³-hybridized carbons (Fsp3) is 0.533. The number of benzene rings is 1. The summed E-state index contributed by atoms with van der Waals surface area (Å²) in [6.45, 7) is 5.41. The second kappa shape index (κ2) is 9.02. The van der Waals surface area contributed by atoms with Crippen LogP contribution in [0, 0.1) is 0 Å². The van der Waals surface area contributed by atoms with E-state index in [4.69, 9.17) is 9.47 Å². The van der Waals surface area contributed by atoms with Gasteiger partial charge in [0, 0.05) is 30.7 Å². The van der Waals surface area contributed by atoms with Crippen molar-refractivity contribution in [2.75, 3.05) is 46.0 Å². The fourth-order valence-corrected chi connectivity index (χ4v) is 2.46. The van der Waals surface area contributed by atoms with Crippen LogP contribution in [0.4, 0.5) is 0 Å². The molecule has 0 bridgehead atoms. The van der Waals surface area contributed by atoms with Crippen LogP contribution in [0.3, 0.4) is 0 Å². The summed E-state index contributed by atoms with van der Waals surface area (Å²) in [5, 5.41) is 2.92. The van der Waals surface area contributed by atoms with E-state index in [1.54, 1.807) is 0 Å². The molecule has 1 saturated heterocycles. The summed E-state index contributed by atoms with van der Waals surface area (Å²) < 4.78 is 11.8. The number of halogens is 1. The van der Waals surface area contributed by atoms with Crippen LogP contribution in [0.1, 0.15) is 6.42 Å². The molecule has 0 saturated carbocycles. The van der Waals surface area contributed by atoms with Gasteiger partial charge >= 0.3 is 0 Å². The first-order valence-electron chi connectivity index (χ1n) is 7.19. The van der Waals surface area contributed by atoms with Gasteiger partial charge < -0.3 is 14.8 Å². The largest absolute Gasteiger partial charge is 0.493 e. The topological polar surface area (TPSA) is 50.8 Å². The Bertz CT molecular complexity index is 450. The Morgan fingerprint density at radius 2 is 2.19 bits per heavy atom. The second-order valence-corrected chi connectivity index (χ2v) is 5.78. The number of rotatable bonds is 7. The van der Waals surface area contributed by atoms with E-state index in [1.165, 1.54) is 0 Å². The Morgan fingerprint density at radius 3 is 2.95 bits per heavy atom. The van der Waals surface area contributed by atoms with Crippen LogP contribution < -0.4 is 10.1 Å². The molecule has 1 aromatic carbocycles. The SMILES string of the molecule is O=C(CCOc1cccc(Br)c1)NCCN1CCOCC1. The van der Waals surface area contributed by atoms with Crippen LogP contribution in [0.2, 0.25) is 0 Å². The maximum atomic E-state index is 11.7. The lowest BCUT2D eigenvalue weighted by molar-refractivity contribution is -0.121.